The molecule has 1 saturated heterocycles. The minimum absolute atomic E-state index is 0.0729. The summed E-state index contributed by atoms with van der Waals surface area (Å²) in [6.45, 7) is 2.15. The van der Waals surface area contributed by atoms with Gasteiger partial charge < -0.3 is 9.69 Å². The number of aromatic nitrogens is 2. The van der Waals surface area contributed by atoms with E-state index in [2.05, 4.69) is 5.10 Å². The number of nitrogens with zero attached hydrogens (tertiary/aromatic N) is 4. The smallest absolute Gasteiger partial charge is 0.272 e. The van der Waals surface area contributed by atoms with E-state index in [1.165, 1.54) is 12.1 Å². The molecule has 30 heavy (non-hydrogen) atoms. The number of hydrogen-bond acceptors (Lipinski definition) is 4. The number of rotatable bonds is 5. The summed E-state index contributed by atoms with van der Waals surface area (Å²) in [5, 5.41) is 4.48. The Morgan fingerprint density at radius 3 is 2.33 bits per heavy atom. The Morgan fingerprint density at radius 1 is 1.03 bits per heavy atom. The maximum atomic E-state index is 13.2. The molecule has 0 saturated carbocycles. The molecule has 1 aliphatic rings. The van der Waals surface area contributed by atoms with Crippen LogP contribution in [0.2, 0.25) is 0 Å². The molecule has 2 heterocycles. The fourth-order valence-electron chi connectivity index (χ4n) is 3.82. The molecule has 1 unspecified atom stereocenters. The second-order valence-electron chi connectivity index (χ2n) is 7.37. The summed E-state index contributed by atoms with van der Waals surface area (Å²) in [4.78, 5) is 28.5. The van der Waals surface area contributed by atoms with Crippen molar-refractivity contribution < 1.29 is 14.0 Å². The molecule has 1 aliphatic heterocycles. The molecule has 154 valence electrons. The molecule has 1 amide bonds. The predicted molar refractivity (Wildman–Crippen MR) is 111 cm³/mol. The van der Waals surface area contributed by atoms with Crippen LogP contribution >= 0.6 is 0 Å². The van der Waals surface area contributed by atoms with Crippen LogP contribution in [-0.2, 0) is 11.8 Å². The van der Waals surface area contributed by atoms with Gasteiger partial charge in [-0.1, -0.05) is 42.5 Å². The quantitative estimate of drug-likeness (QED) is 0.612. The molecule has 7 heteroatoms. The van der Waals surface area contributed by atoms with Gasteiger partial charge in [0, 0.05) is 38.8 Å². The second kappa shape index (κ2) is 8.59. The Hall–Kier alpha value is -3.32. The molecule has 0 spiro atoms. The van der Waals surface area contributed by atoms with Gasteiger partial charge in [0.05, 0.1) is 11.7 Å². The van der Waals surface area contributed by atoms with Crippen molar-refractivity contribution in [1.29, 1.82) is 0 Å². The average Bonchev–Trinajstić information content (AvgIpc) is 3.18. The van der Waals surface area contributed by atoms with E-state index in [1.54, 1.807) is 28.8 Å². The zero-order valence-electron chi connectivity index (χ0n) is 16.7. The molecule has 0 bridgehead atoms. The molecule has 2 aromatic carbocycles. The molecule has 4 rings (SSSR count). The Bertz CT molecular complexity index is 1030. The van der Waals surface area contributed by atoms with Crippen LogP contribution in [0.15, 0.2) is 60.7 Å². The number of aryl methyl sites for hydroxylation is 1. The highest BCUT2D eigenvalue weighted by Gasteiger charge is 2.28. The Kier molecular flexibility index (Phi) is 5.72. The van der Waals surface area contributed by atoms with E-state index in [0.717, 1.165) is 23.1 Å². The number of hydrogen-bond donors (Lipinski definition) is 0. The van der Waals surface area contributed by atoms with Gasteiger partial charge in [0.25, 0.3) is 5.91 Å². The van der Waals surface area contributed by atoms with E-state index in [0.29, 0.717) is 31.9 Å². The Balaban J connectivity index is 1.44. The van der Waals surface area contributed by atoms with Gasteiger partial charge >= 0.3 is 0 Å². The van der Waals surface area contributed by atoms with Gasteiger partial charge in [-0.15, -0.1) is 0 Å². The molecule has 0 radical (unpaired) electrons. The molecule has 0 N–H and O–H groups in total. The number of piperazine rings is 1. The van der Waals surface area contributed by atoms with Gasteiger partial charge in [-0.05, 0) is 23.8 Å². The minimum Gasteiger partial charge on any atom is -0.335 e. The maximum absolute atomic E-state index is 13.2. The van der Waals surface area contributed by atoms with E-state index in [9.17, 15) is 14.0 Å². The highest BCUT2D eigenvalue weighted by atomic mass is 19.1. The third kappa shape index (κ3) is 4.02. The van der Waals surface area contributed by atoms with Crippen LogP contribution < -0.4 is 0 Å². The lowest BCUT2D eigenvalue weighted by Crippen LogP contribution is -2.50. The second-order valence-corrected chi connectivity index (χ2v) is 7.37. The predicted octanol–water partition coefficient (Wildman–Crippen LogP) is 2.92. The highest BCUT2D eigenvalue weighted by Crippen LogP contribution is 2.23. The van der Waals surface area contributed by atoms with Crippen molar-refractivity contribution >= 4 is 12.2 Å². The van der Waals surface area contributed by atoms with Crippen LogP contribution in [0.25, 0.3) is 11.3 Å². The van der Waals surface area contributed by atoms with Crippen molar-refractivity contribution in [3.8, 4) is 11.3 Å². The number of carbonyl (C=O) groups is 2. The first-order valence-corrected chi connectivity index (χ1v) is 9.90. The molecular formula is C23H23FN4O2. The SMILES string of the molecule is Cn1nc(-c2ccccc2)cc1C(=O)N1CCN(C(C=O)c2ccc(F)cc2)CC1. The van der Waals surface area contributed by atoms with Crippen LogP contribution in [-0.4, -0.2) is 58.0 Å². The third-order valence-corrected chi connectivity index (χ3v) is 5.50. The fraction of sp³-hybridized carbons (Fsp3) is 0.261. The Morgan fingerprint density at radius 2 is 1.70 bits per heavy atom. The third-order valence-electron chi connectivity index (χ3n) is 5.50. The lowest BCUT2D eigenvalue weighted by Gasteiger charge is -2.37. The van der Waals surface area contributed by atoms with E-state index in [1.807, 2.05) is 41.3 Å². The van der Waals surface area contributed by atoms with E-state index >= 15 is 0 Å². The summed E-state index contributed by atoms with van der Waals surface area (Å²) in [6, 6.07) is 17.1. The molecule has 1 aromatic heterocycles. The topological polar surface area (TPSA) is 58.4 Å². The van der Waals surface area contributed by atoms with E-state index in [4.69, 9.17) is 0 Å². The zero-order valence-corrected chi connectivity index (χ0v) is 16.7. The van der Waals surface area contributed by atoms with Crippen LogP contribution in [0.5, 0.6) is 0 Å². The summed E-state index contributed by atoms with van der Waals surface area (Å²) in [6.07, 6.45) is 0.873. The van der Waals surface area contributed by atoms with Crippen LogP contribution in [0.3, 0.4) is 0 Å². The fourth-order valence-corrected chi connectivity index (χ4v) is 3.82. The molecule has 3 aromatic rings. The van der Waals surface area contributed by atoms with Gasteiger partial charge in [0.1, 0.15) is 17.8 Å². The number of aldehydes is 1. The average molecular weight is 406 g/mol. The first-order valence-electron chi connectivity index (χ1n) is 9.90. The molecule has 6 nitrogen and oxygen atoms in total. The number of amides is 1. The van der Waals surface area contributed by atoms with E-state index < -0.39 is 6.04 Å². The summed E-state index contributed by atoms with van der Waals surface area (Å²) in [5.41, 5.74) is 3.01. The van der Waals surface area contributed by atoms with Gasteiger partial charge in [0.15, 0.2) is 0 Å². The number of carbonyl (C=O) groups excluding carboxylic acids is 2. The van der Waals surface area contributed by atoms with Crippen molar-refractivity contribution in [2.75, 3.05) is 26.2 Å². The highest BCUT2D eigenvalue weighted by molar-refractivity contribution is 5.93. The van der Waals surface area contributed by atoms with E-state index in [-0.39, 0.29) is 11.7 Å². The van der Waals surface area contributed by atoms with Crippen LogP contribution in [0.4, 0.5) is 4.39 Å². The summed E-state index contributed by atoms with van der Waals surface area (Å²) >= 11 is 0. The monoisotopic (exact) mass is 406 g/mol. The molecule has 1 atom stereocenters. The first-order chi connectivity index (χ1) is 14.6. The van der Waals surface area contributed by atoms with Gasteiger partial charge in [-0.2, -0.15) is 5.10 Å². The van der Waals surface area contributed by atoms with Crippen molar-refractivity contribution in [2.45, 2.75) is 6.04 Å². The maximum Gasteiger partial charge on any atom is 0.272 e. The largest absolute Gasteiger partial charge is 0.335 e. The molecule has 1 fully saturated rings. The van der Waals surface area contributed by atoms with Gasteiger partial charge in [-0.25, -0.2) is 4.39 Å². The Labute approximate surface area is 174 Å². The summed E-state index contributed by atoms with van der Waals surface area (Å²) < 4.78 is 14.8. The molecule has 0 aliphatic carbocycles. The van der Waals surface area contributed by atoms with Crippen LogP contribution in [0, 0.1) is 5.82 Å². The normalized spacial score (nSPS) is 15.7. The van der Waals surface area contributed by atoms with Crippen molar-refractivity contribution in [3.63, 3.8) is 0 Å². The first kappa shape index (κ1) is 20.0. The van der Waals surface area contributed by atoms with Crippen LogP contribution in [0.1, 0.15) is 22.1 Å². The lowest BCUT2D eigenvalue weighted by atomic mass is 10.1. The minimum atomic E-state index is -0.441. The summed E-state index contributed by atoms with van der Waals surface area (Å²) in [7, 11) is 1.77. The van der Waals surface area contributed by atoms with Gasteiger partial charge in [-0.3, -0.25) is 14.4 Å². The lowest BCUT2D eigenvalue weighted by molar-refractivity contribution is -0.113. The number of halogens is 1. The van der Waals surface area contributed by atoms with Crippen molar-refractivity contribution in [1.82, 2.24) is 19.6 Å². The number of benzene rings is 2. The standard InChI is InChI=1S/C23H23FN4O2/c1-26-21(15-20(25-26)17-5-3-2-4-6-17)23(30)28-13-11-27(12-14-28)22(16-29)18-7-9-19(24)10-8-18/h2-10,15-16,22H,11-14H2,1H3. The van der Waals surface area contributed by atoms with Crippen molar-refractivity contribution in [3.05, 3.63) is 77.7 Å². The van der Waals surface area contributed by atoms with Crippen molar-refractivity contribution in [2.24, 2.45) is 7.05 Å². The molecular weight excluding hydrogens is 383 g/mol. The summed E-state index contributed by atoms with van der Waals surface area (Å²) in [5.74, 6) is -0.402. The zero-order chi connectivity index (χ0) is 21.1. The van der Waals surface area contributed by atoms with Gasteiger partial charge in [0.2, 0.25) is 0 Å².